The molecule has 0 saturated heterocycles. The van der Waals surface area contributed by atoms with Gasteiger partial charge in [-0.3, -0.25) is 4.79 Å². The Morgan fingerprint density at radius 3 is 2.66 bits per heavy atom. The maximum atomic E-state index is 12.9. The highest BCUT2D eigenvalue weighted by Crippen LogP contribution is 2.39. The van der Waals surface area contributed by atoms with Gasteiger partial charge in [0, 0.05) is 43.0 Å². The van der Waals surface area contributed by atoms with Gasteiger partial charge in [-0.1, -0.05) is 12.1 Å². The van der Waals surface area contributed by atoms with E-state index >= 15 is 0 Å². The molecule has 1 N–H and O–H groups in total. The molecule has 6 nitrogen and oxygen atoms in total. The second-order valence-electron chi connectivity index (χ2n) is 9.00. The van der Waals surface area contributed by atoms with Gasteiger partial charge in [0.15, 0.2) is 0 Å². The Morgan fingerprint density at radius 2 is 1.97 bits per heavy atom. The van der Waals surface area contributed by atoms with Crippen LogP contribution in [0, 0.1) is 12.8 Å². The number of rotatable bonds is 9. The number of sulfonamides is 1. The molecule has 2 aliphatic rings. The Bertz CT molecular complexity index is 1100. The number of anilines is 2. The number of fused-ring (bicyclic) bond motifs is 1. The average Bonchev–Trinajstić information content (AvgIpc) is 3.55. The molecule has 0 unspecified atom stereocenters. The molecule has 1 atom stereocenters. The van der Waals surface area contributed by atoms with E-state index in [-0.39, 0.29) is 22.8 Å². The van der Waals surface area contributed by atoms with Crippen LogP contribution in [0.25, 0.3) is 0 Å². The summed E-state index contributed by atoms with van der Waals surface area (Å²) in [5.74, 6) is 0.329. The topological polar surface area (TPSA) is 69.7 Å². The first-order valence-corrected chi connectivity index (χ1v) is 13.1. The maximum Gasteiger partial charge on any atom is 0.240 e. The fourth-order valence-electron chi connectivity index (χ4n) is 4.49. The van der Waals surface area contributed by atoms with Crippen LogP contribution in [0.3, 0.4) is 0 Å². The van der Waals surface area contributed by atoms with Crippen molar-refractivity contribution in [2.24, 2.45) is 5.92 Å². The van der Waals surface area contributed by atoms with Crippen molar-refractivity contribution in [3.05, 3.63) is 53.6 Å². The van der Waals surface area contributed by atoms with Gasteiger partial charge >= 0.3 is 0 Å². The number of aryl methyl sites for hydroxylation is 1. The highest BCUT2D eigenvalue weighted by molar-refractivity contribution is 7.89. The van der Waals surface area contributed by atoms with E-state index in [1.807, 2.05) is 17.9 Å². The first kappa shape index (κ1) is 22.8. The van der Waals surface area contributed by atoms with Gasteiger partial charge in [-0.05, 0) is 87.9 Å². The van der Waals surface area contributed by atoms with Crippen LogP contribution in [0.2, 0.25) is 0 Å². The number of carbonyl (C=O) groups excluding carboxylic acids is 1. The van der Waals surface area contributed by atoms with Crippen LogP contribution < -0.4 is 14.5 Å². The fraction of sp³-hybridized carbons (Fsp3) is 0.480. The molecule has 1 fully saturated rings. The van der Waals surface area contributed by atoms with Crippen molar-refractivity contribution in [2.45, 2.75) is 57.4 Å². The van der Waals surface area contributed by atoms with Gasteiger partial charge in [0.1, 0.15) is 0 Å². The second-order valence-corrected chi connectivity index (χ2v) is 10.8. The molecular weight excluding hydrogens is 422 g/mol. The first-order valence-electron chi connectivity index (χ1n) is 11.6. The number of hydrogen-bond donors (Lipinski definition) is 1. The average molecular weight is 456 g/mol. The van der Waals surface area contributed by atoms with Gasteiger partial charge < -0.3 is 9.80 Å². The molecule has 0 aromatic heterocycles. The number of carbonyl (C=O) groups is 1. The van der Waals surface area contributed by atoms with Crippen LogP contribution >= 0.6 is 0 Å². The molecule has 1 amide bonds. The summed E-state index contributed by atoms with van der Waals surface area (Å²) < 4.78 is 28.5. The fourth-order valence-corrected chi connectivity index (χ4v) is 5.62. The zero-order valence-corrected chi connectivity index (χ0v) is 20.0. The summed E-state index contributed by atoms with van der Waals surface area (Å²) in [6.07, 6.45) is 3.34. The quantitative estimate of drug-likeness (QED) is 0.583. The van der Waals surface area contributed by atoms with Crippen molar-refractivity contribution in [1.29, 1.82) is 0 Å². The minimum atomic E-state index is -3.59. The summed E-state index contributed by atoms with van der Waals surface area (Å²) in [5, 5.41) is 0. The third-order valence-electron chi connectivity index (χ3n) is 6.39. The Labute approximate surface area is 191 Å². The summed E-state index contributed by atoms with van der Waals surface area (Å²) >= 11 is 0. The van der Waals surface area contributed by atoms with Crippen LogP contribution in [0.5, 0.6) is 0 Å². The predicted octanol–water partition coefficient (Wildman–Crippen LogP) is 3.88. The summed E-state index contributed by atoms with van der Waals surface area (Å²) in [7, 11) is -3.59. The molecule has 0 spiro atoms. The monoisotopic (exact) mass is 455 g/mol. The standard InChI is InChI=1S/C25H33N3O3S/c1-4-27(22-8-5-7-18(2)15-22)14-6-13-26-32(30,31)23-11-12-24-21(17-23)16-19(3)28(24)25(29)20-9-10-20/h5,7-8,11-12,15,17,19-20,26H,4,6,9-10,13-14,16H2,1-3H3/t19-/m1/s1. The number of nitrogens with zero attached hydrogens (tertiary/aromatic N) is 2. The number of hydrogen-bond acceptors (Lipinski definition) is 4. The van der Waals surface area contributed by atoms with E-state index in [1.54, 1.807) is 18.2 Å². The molecule has 1 aliphatic carbocycles. The van der Waals surface area contributed by atoms with Crippen molar-refractivity contribution in [1.82, 2.24) is 4.72 Å². The van der Waals surface area contributed by atoms with Gasteiger partial charge in [0.25, 0.3) is 0 Å². The largest absolute Gasteiger partial charge is 0.372 e. The minimum absolute atomic E-state index is 0.0747. The van der Waals surface area contributed by atoms with Crippen LogP contribution in [0.4, 0.5) is 11.4 Å². The van der Waals surface area contributed by atoms with Crippen LogP contribution in [-0.4, -0.2) is 40.0 Å². The predicted molar refractivity (Wildman–Crippen MR) is 129 cm³/mol. The lowest BCUT2D eigenvalue weighted by Gasteiger charge is -2.23. The summed E-state index contributed by atoms with van der Waals surface area (Å²) in [4.78, 5) is 17.0. The van der Waals surface area contributed by atoms with E-state index in [0.29, 0.717) is 19.4 Å². The molecule has 0 radical (unpaired) electrons. The first-order chi connectivity index (χ1) is 15.3. The Hall–Kier alpha value is -2.38. The van der Waals surface area contributed by atoms with Gasteiger partial charge in [-0.15, -0.1) is 0 Å². The third kappa shape index (κ3) is 4.84. The maximum absolute atomic E-state index is 12.9. The molecular formula is C25H33N3O3S. The second kappa shape index (κ2) is 9.24. The van der Waals surface area contributed by atoms with E-state index in [4.69, 9.17) is 0 Å². The van der Waals surface area contributed by atoms with Crippen LogP contribution in [0.15, 0.2) is 47.4 Å². The summed E-state index contributed by atoms with van der Waals surface area (Å²) in [6.45, 7) is 8.24. The Kier molecular flexibility index (Phi) is 6.58. The van der Waals surface area contributed by atoms with Crippen molar-refractivity contribution < 1.29 is 13.2 Å². The Balaban J connectivity index is 1.37. The van der Waals surface area contributed by atoms with E-state index in [2.05, 4.69) is 41.7 Å². The van der Waals surface area contributed by atoms with Crippen molar-refractivity contribution in [2.75, 3.05) is 29.4 Å². The van der Waals surface area contributed by atoms with Crippen LogP contribution in [-0.2, 0) is 21.2 Å². The summed E-state index contributed by atoms with van der Waals surface area (Å²) in [6, 6.07) is 13.6. The number of nitrogens with one attached hydrogen (secondary N) is 1. The van der Waals surface area contributed by atoms with E-state index in [9.17, 15) is 13.2 Å². The zero-order valence-electron chi connectivity index (χ0n) is 19.2. The molecule has 172 valence electrons. The van der Waals surface area contributed by atoms with Crippen LogP contribution in [0.1, 0.15) is 44.2 Å². The molecule has 2 aromatic rings. The van der Waals surface area contributed by atoms with Gasteiger partial charge in [0.05, 0.1) is 4.90 Å². The minimum Gasteiger partial charge on any atom is -0.372 e. The molecule has 32 heavy (non-hydrogen) atoms. The number of benzene rings is 2. The van der Waals surface area contributed by atoms with E-state index < -0.39 is 10.0 Å². The van der Waals surface area contributed by atoms with Gasteiger partial charge in [-0.2, -0.15) is 0 Å². The molecule has 1 heterocycles. The molecule has 1 aliphatic heterocycles. The third-order valence-corrected chi connectivity index (χ3v) is 7.85. The molecule has 2 aromatic carbocycles. The summed E-state index contributed by atoms with van der Waals surface area (Å²) in [5.41, 5.74) is 4.18. The lowest BCUT2D eigenvalue weighted by molar-refractivity contribution is -0.120. The number of amides is 1. The lowest BCUT2D eigenvalue weighted by atomic mass is 10.1. The zero-order chi connectivity index (χ0) is 22.9. The highest BCUT2D eigenvalue weighted by Gasteiger charge is 2.39. The normalized spacial score (nSPS) is 18.0. The van der Waals surface area contributed by atoms with Crippen molar-refractivity contribution in [3.8, 4) is 0 Å². The van der Waals surface area contributed by atoms with Crippen molar-refractivity contribution >= 4 is 27.3 Å². The van der Waals surface area contributed by atoms with Gasteiger partial charge in [-0.25, -0.2) is 13.1 Å². The van der Waals surface area contributed by atoms with E-state index in [0.717, 1.165) is 42.9 Å². The van der Waals surface area contributed by atoms with Crippen molar-refractivity contribution in [3.63, 3.8) is 0 Å². The van der Waals surface area contributed by atoms with E-state index in [1.165, 1.54) is 5.56 Å². The smallest absolute Gasteiger partial charge is 0.240 e. The highest BCUT2D eigenvalue weighted by atomic mass is 32.2. The molecule has 0 bridgehead atoms. The SMILES string of the molecule is CCN(CCCNS(=O)(=O)c1ccc2c(c1)C[C@@H](C)N2C(=O)C1CC1)c1cccc(C)c1. The van der Waals surface area contributed by atoms with Gasteiger partial charge in [0.2, 0.25) is 15.9 Å². The lowest BCUT2D eigenvalue weighted by Crippen LogP contribution is -2.36. The Morgan fingerprint density at radius 1 is 1.19 bits per heavy atom. The molecule has 4 rings (SSSR count). The molecule has 1 saturated carbocycles. The molecule has 7 heteroatoms.